The molecule has 0 saturated carbocycles. The van der Waals surface area contributed by atoms with Crippen LogP contribution < -0.4 is 16.0 Å². The number of carbonyl (C=O) groups is 1. The zero-order chi connectivity index (χ0) is 19.1. The van der Waals surface area contributed by atoms with E-state index in [0.29, 0.717) is 25.6 Å². The van der Waals surface area contributed by atoms with Crippen LogP contribution in [0, 0.1) is 5.92 Å². The molecular weight excluding hydrogens is 320 g/mol. The fourth-order valence-corrected chi connectivity index (χ4v) is 1.78. The molecule has 0 bridgehead atoms. The number of nitrogens with zero attached hydrogens (tertiary/aromatic N) is 1. The van der Waals surface area contributed by atoms with E-state index in [0.717, 1.165) is 38.5 Å². The number of hydrogen-bond donors (Lipinski definition) is 3. The number of alkyl carbamates (subject to hydrolysis) is 1. The van der Waals surface area contributed by atoms with Crippen molar-refractivity contribution in [2.45, 2.75) is 60.0 Å². The quantitative estimate of drug-likeness (QED) is 0.300. The van der Waals surface area contributed by atoms with Crippen molar-refractivity contribution >= 4 is 12.1 Å². The Kier molecular flexibility index (Phi) is 12.9. The Hall–Kier alpha value is -1.50. The molecule has 0 aliphatic rings. The predicted molar refractivity (Wildman–Crippen MR) is 103 cm³/mol. The topological polar surface area (TPSA) is 84.0 Å². The number of guanidine groups is 1. The van der Waals surface area contributed by atoms with Crippen molar-refractivity contribution in [1.82, 2.24) is 16.0 Å². The Bertz CT molecular complexity index is 379. The first kappa shape index (κ1) is 23.5. The summed E-state index contributed by atoms with van der Waals surface area (Å²) < 4.78 is 10.8. The molecule has 0 aliphatic carbocycles. The maximum atomic E-state index is 11.5. The molecule has 3 N–H and O–H groups in total. The number of hydrogen-bond acceptors (Lipinski definition) is 4. The summed E-state index contributed by atoms with van der Waals surface area (Å²) in [5.74, 6) is 1.44. The van der Waals surface area contributed by atoms with Crippen LogP contribution in [0.4, 0.5) is 4.79 Å². The molecule has 0 unspecified atom stereocenters. The molecule has 25 heavy (non-hydrogen) atoms. The number of carbonyl (C=O) groups excluding carboxylic acids is 1. The molecule has 7 heteroatoms. The molecule has 0 aromatic rings. The summed E-state index contributed by atoms with van der Waals surface area (Å²) in [6, 6.07) is 0. The van der Waals surface area contributed by atoms with Gasteiger partial charge in [0.05, 0.1) is 6.61 Å². The lowest BCUT2D eigenvalue weighted by Gasteiger charge is -2.19. The fourth-order valence-electron chi connectivity index (χ4n) is 1.78. The van der Waals surface area contributed by atoms with Gasteiger partial charge in [-0.15, -0.1) is 0 Å². The van der Waals surface area contributed by atoms with Gasteiger partial charge in [0.25, 0.3) is 0 Å². The highest BCUT2D eigenvalue weighted by Crippen LogP contribution is 2.06. The highest BCUT2D eigenvalue weighted by atomic mass is 16.6. The third-order valence-corrected chi connectivity index (χ3v) is 3.00. The Balaban J connectivity index is 3.86. The van der Waals surface area contributed by atoms with Gasteiger partial charge in [0, 0.05) is 32.8 Å². The van der Waals surface area contributed by atoms with Gasteiger partial charge in [0.15, 0.2) is 5.96 Å². The molecule has 0 heterocycles. The fraction of sp³-hybridized carbons (Fsp3) is 0.889. The van der Waals surface area contributed by atoms with E-state index in [-0.39, 0.29) is 6.09 Å². The van der Waals surface area contributed by atoms with Crippen LogP contribution in [0.15, 0.2) is 4.99 Å². The summed E-state index contributed by atoms with van der Waals surface area (Å²) in [4.78, 5) is 16.0. The minimum atomic E-state index is -0.471. The second kappa shape index (κ2) is 13.8. The Morgan fingerprint density at radius 2 is 1.80 bits per heavy atom. The highest BCUT2D eigenvalue weighted by molar-refractivity contribution is 5.79. The number of amides is 1. The normalized spacial score (nSPS) is 12.2. The van der Waals surface area contributed by atoms with Crippen molar-refractivity contribution in [2.24, 2.45) is 10.9 Å². The first-order valence-corrected chi connectivity index (χ1v) is 9.31. The SMILES string of the molecule is CCNC(=NCCCNC(=O)OC(C)(C)C)NCCOCCC(C)C. The first-order chi connectivity index (χ1) is 11.7. The lowest BCUT2D eigenvalue weighted by Crippen LogP contribution is -2.39. The Morgan fingerprint density at radius 1 is 1.08 bits per heavy atom. The van der Waals surface area contributed by atoms with E-state index < -0.39 is 5.60 Å². The molecule has 0 aliphatic heterocycles. The number of ether oxygens (including phenoxy) is 2. The van der Waals surface area contributed by atoms with Crippen LogP contribution in [0.5, 0.6) is 0 Å². The van der Waals surface area contributed by atoms with Gasteiger partial charge in [0.1, 0.15) is 5.60 Å². The smallest absolute Gasteiger partial charge is 0.407 e. The van der Waals surface area contributed by atoms with Crippen molar-refractivity contribution in [2.75, 3.05) is 39.4 Å². The van der Waals surface area contributed by atoms with Crippen molar-refractivity contribution < 1.29 is 14.3 Å². The van der Waals surface area contributed by atoms with Gasteiger partial charge >= 0.3 is 6.09 Å². The zero-order valence-corrected chi connectivity index (χ0v) is 16.9. The number of nitrogens with one attached hydrogen (secondary N) is 3. The van der Waals surface area contributed by atoms with Gasteiger partial charge in [-0.3, -0.25) is 4.99 Å². The van der Waals surface area contributed by atoms with Crippen LogP contribution in [0.1, 0.15) is 54.4 Å². The Labute approximate surface area is 153 Å². The van der Waals surface area contributed by atoms with Crippen LogP contribution in [0.25, 0.3) is 0 Å². The van der Waals surface area contributed by atoms with Gasteiger partial charge in [-0.1, -0.05) is 13.8 Å². The van der Waals surface area contributed by atoms with Crippen LogP contribution in [-0.4, -0.2) is 57.0 Å². The maximum Gasteiger partial charge on any atom is 0.407 e. The minimum absolute atomic E-state index is 0.389. The van der Waals surface area contributed by atoms with Crippen LogP contribution >= 0.6 is 0 Å². The first-order valence-electron chi connectivity index (χ1n) is 9.31. The summed E-state index contributed by atoms with van der Waals surface area (Å²) in [6.45, 7) is 16.1. The molecule has 7 nitrogen and oxygen atoms in total. The van der Waals surface area contributed by atoms with Crippen LogP contribution in [0.3, 0.4) is 0 Å². The summed E-state index contributed by atoms with van der Waals surface area (Å²) >= 11 is 0. The molecule has 0 spiro atoms. The molecule has 148 valence electrons. The molecule has 1 amide bonds. The van der Waals surface area contributed by atoms with E-state index in [2.05, 4.69) is 34.8 Å². The van der Waals surface area contributed by atoms with Gasteiger partial charge in [-0.2, -0.15) is 0 Å². The molecule has 0 fully saturated rings. The monoisotopic (exact) mass is 358 g/mol. The maximum absolute atomic E-state index is 11.5. The van der Waals surface area contributed by atoms with E-state index in [1.54, 1.807) is 0 Å². The second-order valence-electron chi connectivity index (χ2n) is 7.26. The molecule has 0 atom stereocenters. The Morgan fingerprint density at radius 3 is 2.40 bits per heavy atom. The average molecular weight is 359 g/mol. The second-order valence-corrected chi connectivity index (χ2v) is 7.26. The summed E-state index contributed by atoms with van der Waals surface area (Å²) in [5, 5.41) is 9.16. The number of aliphatic imine (C=N–C) groups is 1. The summed E-state index contributed by atoms with van der Waals surface area (Å²) in [6.07, 6.45) is 1.44. The largest absolute Gasteiger partial charge is 0.444 e. The lowest BCUT2D eigenvalue weighted by atomic mass is 10.1. The van der Waals surface area contributed by atoms with E-state index in [4.69, 9.17) is 9.47 Å². The molecular formula is C18H38N4O3. The molecule has 0 aromatic carbocycles. The van der Waals surface area contributed by atoms with E-state index >= 15 is 0 Å². The lowest BCUT2D eigenvalue weighted by molar-refractivity contribution is 0.0527. The van der Waals surface area contributed by atoms with Crippen LogP contribution in [-0.2, 0) is 9.47 Å². The van der Waals surface area contributed by atoms with Crippen molar-refractivity contribution in [3.05, 3.63) is 0 Å². The van der Waals surface area contributed by atoms with Crippen LogP contribution in [0.2, 0.25) is 0 Å². The van der Waals surface area contributed by atoms with Gasteiger partial charge in [-0.25, -0.2) is 4.79 Å². The molecule has 0 rings (SSSR count). The summed E-state index contributed by atoms with van der Waals surface area (Å²) in [5.41, 5.74) is -0.471. The third kappa shape index (κ3) is 17.1. The van der Waals surface area contributed by atoms with Crippen molar-refractivity contribution in [3.63, 3.8) is 0 Å². The van der Waals surface area contributed by atoms with Gasteiger partial charge in [-0.05, 0) is 46.5 Å². The number of rotatable bonds is 11. The van der Waals surface area contributed by atoms with E-state index in [9.17, 15) is 4.79 Å². The van der Waals surface area contributed by atoms with E-state index in [1.807, 2.05) is 27.7 Å². The molecule has 0 saturated heterocycles. The summed E-state index contributed by atoms with van der Waals surface area (Å²) in [7, 11) is 0. The zero-order valence-electron chi connectivity index (χ0n) is 16.9. The minimum Gasteiger partial charge on any atom is -0.444 e. The molecule has 0 radical (unpaired) electrons. The van der Waals surface area contributed by atoms with Gasteiger partial charge in [0.2, 0.25) is 0 Å². The van der Waals surface area contributed by atoms with Crippen molar-refractivity contribution in [3.8, 4) is 0 Å². The van der Waals surface area contributed by atoms with Crippen molar-refractivity contribution in [1.29, 1.82) is 0 Å². The standard InChI is InChI=1S/C18H38N4O3/c1-7-19-16(21-12-14-24-13-9-15(2)3)20-10-8-11-22-17(23)25-18(4,5)6/h15H,7-14H2,1-6H3,(H,22,23)(H2,19,20,21). The van der Waals surface area contributed by atoms with Gasteiger partial charge < -0.3 is 25.4 Å². The third-order valence-electron chi connectivity index (χ3n) is 3.00. The van der Waals surface area contributed by atoms with E-state index in [1.165, 1.54) is 0 Å². The predicted octanol–water partition coefficient (Wildman–Crippen LogP) is 2.52. The average Bonchev–Trinajstić information content (AvgIpc) is 2.48. The highest BCUT2D eigenvalue weighted by Gasteiger charge is 2.15. The molecule has 0 aromatic heterocycles.